The first kappa shape index (κ1) is 13.6. The number of carbonyl (C=O) groups excluding carboxylic acids is 1. The number of aliphatic hydroxyl groups is 1. The van der Waals surface area contributed by atoms with Gasteiger partial charge in [-0.05, 0) is 12.1 Å². The Morgan fingerprint density at radius 1 is 1.30 bits per heavy atom. The van der Waals surface area contributed by atoms with E-state index < -0.39 is 0 Å². The van der Waals surface area contributed by atoms with Gasteiger partial charge in [-0.15, -0.1) is 0 Å². The SMILES string of the molecule is O=C(Nc1ncccn1)c1cncc(C#CCCO)c1. The van der Waals surface area contributed by atoms with Gasteiger partial charge in [-0.3, -0.25) is 15.1 Å². The number of hydrogen-bond donors (Lipinski definition) is 2. The predicted molar refractivity (Wildman–Crippen MR) is 72.8 cm³/mol. The minimum absolute atomic E-state index is 0.00590. The first-order valence-corrected chi connectivity index (χ1v) is 5.93. The van der Waals surface area contributed by atoms with Crippen molar-refractivity contribution >= 4 is 11.9 Å². The van der Waals surface area contributed by atoms with E-state index in [2.05, 4.69) is 32.1 Å². The molecule has 0 atom stereocenters. The molecule has 6 heteroatoms. The maximum Gasteiger partial charge on any atom is 0.259 e. The molecule has 0 radical (unpaired) electrons. The molecule has 0 aromatic carbocycles. The van der Waals surface area contributed by atoms with Gasteiger partial charge in [0.25, 0.3) is 5.91 Å². The second-order valence-electron chi connectivity index (χ2n) is 3.76. The van der Waals surface area contributed by atoms with Crippen LogP contribution in [0.1, 0.15) is 22.3 Å². The summed E-state index contributed by atoms with van der Waals surface area (Å²) in [5.74, 6) is 5.47. The monoisotopic (exact) mass is 268 g/mol. The van der Waals surface area contributed by atoms with E-state index in [0.717, 1.165) is 0 Å². The van der Waals surface area contributed by atoms with E-state index in [1.165, 1.54) is 18.6 Å². The van der Waals surface area contributed by atoms with E-state index in [0.29, 0.717) is 17.5 Å². The molecule has 0 fully saturated rings. The zero-order valence-corrected chi connectivity index (χ0v) is 10.6. The van der Waals surface area contributed by atoms with Crippen molar-refractivity contribution in [1.82, 2.24) is 15.0 Å². The van der Waals surface area contributed by atoms with Gasteiger partial charge in [0.2, 0.25) is 5.95 Å². The zero-order valence-electron chi connectivity index (χ0n) is 10.6. The Kier molecular flexibility index (Phi) is 4.76. The van der Waals surface area contributed by atoms with Gasteiger partial charge in [-0.2, -0.15) is 0 Å². The molecule has 0 spiro atoms. The summed E-state index contributed by atoms with van der Waals surface area (Å²) in [5.41, 5.74) is 0.980. The second kappa shape index (κ2) is 6.97. The largest absolute Gasteiger partial charge is 0.395 e. The number of nitrogens with zero attached hydrogens (tertiary/aromatic N) is 3. The Labute approximate surface area is 115 Å². The Balaban J connectivity index is 2.11. The van der Waals surface area contributed by atoms with Crippen LogP contribution in [0, 0.1) is 11.8 Å². The van der Waals surface area contributed by atoms with Crippen molar-refractivity contribution < 1.29 is 9.90 Å². The highest BCUT2D eigenvalue weighted by atomic mass is 16.2. The average Bonchev–Trinajstić information content (AvgIpc) is 2.49. The Bertz CT molecular complexity index is 647. The first-order chi connectivity index (χ1) is 9.79. The molecule has 0 aliphatic rings. The van der Waals surface area contributed by atoms with E-state index in [1.54, 1.807) is 18.3 Å². The van der Waals surface area contributed by atoms with Gasteiger partial charge in [0.15, 0.2) is 0 Å². The third kappa shape index (κ3) is 3.86. The summed E-state index contributed by atoms with van der Waals surface area (Å²) in [6.45, 7) is 0.00590. The van der Waals surface area contributed by atoms with Gasteiger partial charge in [0.05, 0.1) is 12.2 Å². The van der Waals surface area contributed by atoms with Gasteiger partial charge in [-0.25, -0.2) is 9.97 Å². The molecule has 0 unspecified atom stereocenters. The normalized spacial score (nSPS) is 9.45. The average molecular weight is 268 g/mol. The lowest BCUT2D eigenvalue weighted by molar-refractivity contribution is 0.102. The highest BCUT2D eigenvalue weighted by molar-refractivity contribution is 6.03. The van der Waals surface area contributed by atoms with Gasteiger partial charge in [0.1, 0.15) is 0 Å². The van der Waals surface area contributed by atoms with E-state index >= 15 is 0 Å². The van der Waals surface area contributed by atoms with E-state index in [-0.39, 0.29) is 18.5 Å². The molecule has 0 aliphatic carbocycles. The first-order valence-electron chi connectivity index (χ1n) is 5.93. The van der Waals surface area contributed by atoms with Crippen LogP contribution in [0.2, 0.25) is 0 Å². The molecule has 0 saturated heterocycles. The number of nitrogens with one attached hydrogen (secondary N) is 1. The Morgan fingerprint density at radius 3 is 2.85 bits per heavy atom. The summed E-state index contributed by atoms with van der Waals surface area (Å²) in [6, 6.07) is 3.28. The maximum absolute atomic E-state index is 12.0. The molecule has 6 nitrogen and oxygen atoms in total. The van der Waals surface area contributed by atoms with E-state index in [1.807, 2.05) is 0 Å². The molecule has 2 rings (SSSR count). The molecular weight excluding hydrogens is 256 g/mol. The number of aliphatic hydroxyl groups excluding tert-OH is 1. The molecule has 0 saturated carbocycles. The smallest absolute Gasteiger partial charge is 0.259 e. The minimum Gasteiger partial charge on any atom is -0.395 e. The van der Waals surface area contributed by atoms with Crippen molar-refractivity contribution in [3.05, 3.63) is 48.0 Å². The third-order valence-electron chi connectivity index (χ3n) is 2.26. The van der Waals surface area contributed by atoms with Gasteiger partial charge in [0, 0.05) is 36.8 Å². The van der Waals surface area contributed by atoms with Crippen LogP contribution in [0.3, 0.4) is 0 Å². The summed E-state index contributed by atoms with van der Waals surface area (Å²) in [7, 11) is 0. The van der Waals surface area contributed by atoms with Crippen LogP contribution in [-0.2, 0) is 0 Å². The van der Waals surface area contributed by atoms with Crippen molar-refractivity contribution in [2.75, 3.05) is 11.9 Å². The highest BCUT2D eigenvalue weighted by Crippen LogP contribution is 2.04. The minimum atomic E-state index is -0.352. The van der Waals surface area contributed by atoms with Crippen molar-refractivity contribution in [3.8, 4) is 11.8 Å². The molecule has 0 bridgehead atoms. The predicted octanol–water partition coefficient (Wildman–Crippen LogP) is 0.858. The number of anilines is 1. The number of aromatic nitrogens is 3. The van der Waals surface area contributed by atoms with Crippen LogP contribution in [0.15, 0.2) is 36.9 Å². The Morgan fingerprint density at radius 2 is 2.10 bits per heavy atom. The molecule has 0 aliphatic heterocycles. The second-order valence-corrected chi connectivity index (χ2v) is 3.76. The third-order valence-corrected chi connectivity index (χ3v) is 2.26. The van der Waals surface area contributed by atoms with Crippen molar-refractivity contribution in [2.24, 2.45) is 0 Å². The van der Waals surface area contributed by atoms with Crippen LogP contribution < -0.4 is 5.32 Å². The zero-order chi connectivity index (χ0) is 14.2. The maximum atomic E-state index is 12.0. The van der Waals surface area contributed by atoms with Gasteiger partial charge >= 0.3 is 0 Å². The van der Waals surface area contributed by atoms with Crippen LogP contribution >= 0.6 is 0 Å². The highest BCUT2D eigenvalue weighted by Gasteiger charge is 2.08. The van der Waals surface area contributed by atoms with Gasteiger partial charge in [-0.1, -0.05) is 11.8 Å². The van der Waals surface area contributed by atoms with E-state index in [9.17, 15) is 4.79 Å². The summed E-state index contributed by atoms with van der Waals surface area (Å²) in [6.07, 6.45) is 6.46. The molecule has 2 N–H and O–H groups in total. The fraction of sp³-hybridized carbons (Fsp3) is 0.143. The molecule has 2 aromatic rings. The molecule has 2 heterocycles. The number of carbonyl (C=O) groups is 1. The van der Waals surface area contributed by atoms with Crippen molar-refractivity contribution in [3.63, 3.8) is 0 Å². The van der Waals surface area contributed by atoms with Crippen LogP contribution in [-0.4, -0.2) is 32.6 Å². The fourth-order valence-corrected chi connectivity index (χ4v) is 1.39. The Hall–Kier alpha value is -2.78. The van der Waals surface area contributed by atoms with Gasteiger partial charge < -0.3 is 5.11 Å². The summed E-state index contributed by atoms with van der Waals surface area (Å²) < 4.78 is 0. The van der Waals surface area contributed by atoms with Crippen LogP contribution in [0.5, 0.6) is 0 Å². The quantitative estimate of drug-likeness (QED) is 0.806. The standard InChI is InChI=1S/C14H12N4O2/c19-7-2-1-4-11-8-12(10-15-9-11)13(20)18-14-16-5-3-6-17-14/h3,5-6,8-10,19H,2,7H2,(H,16,17,18,20). The number of hydrogen-bond acceptors (Lipinski definition) is 5. The lowest BCUT2D eigenvalue weighted by Gasteiger charge is -2.02. The molecule has 1 amide bonds. The summed E-state index contributed by atoms with van der Waals surface area (Å²) >= 11 is 0. The van der Waals surface area contributed by atoms with Crippen molar-refractivity contribution in [1.29, 1.82) is 0 Å². The van der Waals surface area contributed by atoms with Crippen LogP contribution in [0.4, 0.5) is 5.95 Å². The molecule has 100 valence electrons. The molecule has 20 heavy (non-hydrogen) atoms. The summed E-state index contributed by atoms with van der Waals surface area (Å²) in [4.78, 5) is 23.8. The lowest BCUT2D eigenvalue weighted by atomic mass is 10.2. The number of rotatable bonds is 3. The van der Waals surface area contributed by atoms with Crippen molar-refractivity contribution in [2.45, 2.75) is 6.42 Å². The number of pyridine rings is 1. The fourth-order valence-electron chi connectivity index (χ4n) is 1.39. The molecule has 2 aromatic heterocycles. The molecular formula is C14H12N4O2. The van der Waals surface area contributed by atoms with Crippen LogP contribution in [0.25, 0.3) is 0 Å². The topological polar surface area (TPSA) is 88.0 Å². The lowest BCUT2D eigenvalue weighted by Crippen LogP contribution is -2.14. The summed E-state index contributed by atoms with van der Waals surface area (Å²) in [5, 5.41) is 11.2. The van der Waals surface area contributed by atoms with E-state index in [4.69, 9.17) is 5.11 Å². The number of amides is 1.